The van der Waals surface area contributed by atoms with E-state index in [4.69, 9.17) is 5.73 Å². The Kier molecular flexibility index (Phi) is 5.24. The van der Waals surface area contributed by atoms with Crippen LogP contribution < -0.4 is 11.1 Å². The first-order chi connectivity index (χ1) is 7.92. The van der Waals surface area contributed by atoms with E-state index in [-0.39, 0.29) is 5.25 Å². The average molecular weight is 261 g/mol. The molecule has 1 rings (SSSR count). The number of nitrogens with one attached hydrogen (secondary N) is 1. The van der Waals surface area contributed by atoms with E-state index in [2.05, 4.69) is 24.2 Å². The quantitative estimate of drug-likeness (QED) is 0.558. The van der Waals surface area contributed by atoms with Crippen LogP contribution in [0.2, 0.25) is 0 Å². The molecule has 0 bridgehead atoms. The van der Waals surface area contributed by atoms with Crippen molar-refractivity contribution in [3.63, 3.8) is 0 Å². The van der Waals surface area contributed by atoms with Crippen molar-refractivity contribution in [2.24, 2.45) is 16.6 Å². The van der Waals surface area contributed by atoms with E-state index in [0.717, 1.165) is 19.4 Å². The number of nitrogens with zero attached hydrogens (tertiary/aromatic N) is 1. The normalized spacial score (nSPS) is 24.2. The third kappa shape index (κ3) is 4.93. The second-order valence-electron chi connectivity index (χ2n) is 4.97. The molecule has 0 spiro atoms. The predicted molar refractivity (Wildman–Crippen MR) is 70.8 cm³/mol. The van der Waals surface area contributed by atoms with E-state index in [1.807, 2.05) is 0 Å². The highest BCUT2D eigenvalue weighted by atomic mass is 32.2. The van der Waals surface area contributed by atoms with Crippen molar-refractivity contribution in [2.75, 3.05) is 18.8 Å². The maximum Gasteiger partial charge on any atom is 0.188 e. The van der Waals surface area contributed by atoms with Crippen molar-refractivity contribution >= 4 is 15.8 Å². The van der Waals surface area contributed by atoms with Crippen molar-refractivity contribution < 1.29 is 8.42 Å². The summed E-state index contributed by atoms with van der Waals surface area (Å²) in [5, 5.41) is 2.67. The highest BCUT2D eigenvalue weighted by Gasteiger charge is 2.30. The zero-order chi connectivity index (χ0) is 12.9. The van der Waals surface area contributed by atoms with E-state index in [0.29, 0.717) is 30.6 Å². The SMILES string of the molecule is CC(C)CCNC(N)=NCC1CCCS1(=O)=O. The molecule has 0 aliphatic carbocycles. The topological polar surface area (TPSA) is 84.5 Å². The highest BCUT2D eigenvalue weighted by molar-refractivity contribution is 7.92. The summed E-state index contributed by atoms with van der Waals surface area (Å²) >= 11 is 0. The van der Waals surface area contributed by atoms with Crippen molar-refractivity contribution in [1.82, 2.24) is 5.32 Å². The fraction of sp³-hybridized carbons (Fsp3) is 0.909. The molecule has 1 unspecified atom stereocenters. The maximum absolute atomic E-state index is 11.5. The summed E-state index contributed by atoms with van der Waals surface area (Å²) in [6.07, 6.45) is 2.49. The van der Waals surface area contributed by atoms with Crippen molar-refractivity contribution in [1.29, 1.82) is 0 Å². The summed E-state index contributed by atoms with van der Waals surface area (Å²) in [6.45, 7) is 5.35. The van der Waals surface area contributed by atoms with Gasteiger partial charge in [0, 0.05) is 6.54 Å². The lowest BCUT2D eigenvalue weighted by atomic mass is 10.1. The van der Waals surface area contributed by atoms with Gasteiger partial charge in [0.2, 0.25) is 0 Å². The van der Waals surface area contributed by atoms with E-state index < -0.39 is 9.84 Å². The molecule has 1 saturated heterocycles. The van der Waals surface area contributed by atoms with E-state index >= 15 is 0 Å². The van der Waals surface area contributed by atoms with Gasteiger partial charge < -0.3 is 11.1 Å². The number of sulfone groups is 1. The van der Waals surface area contributed by atoms with Crippen LogP contribution in [0.5, 0.6) is 0 Å². The molecule has 17 heavy (non-hydrogen) atoms. The van der Waals surface area contributed by atoms with Gasteiger partial charge in [-0.25, -0.2) is 8.42 Å². The van der Waals surface area contributed by atoms with Crippen LogP contribution in [-0.2, 0) is 9.84 Å². The zero-order valence-corrected chi connectivity index (χ0v) is 11.5. The van der Waals surface area contributed by atoms with Crippen LogP contribution in [0.4, 0.5) is 0 Å². The number of hydrogen-bond acceptors (Lipinski definition) is 3. The van der Waals surface area contributed by atoms with Crippen LogP contribution in [-0.4, -0.2) is 38.5 Å². The zero-order valence-electron chi connectivity index (χ0n) is 10.6. The number of nitrogens with two attached hydrogens (primary N) is 1. The lowest BCUT2D eigenvalue weighted by molar-refractivity contribution is 0.576. The van der Waals surface area contributed by atoms with Crippen molar-refractivity contribution in [2.45, 2.75) is 38.4 Å². The molecule has 1 heterocycles. The van der Waals surface area contributed by atoms with Gasteiger partial charge in [-0.3, -0.25) is 4.99 Å². The smallest absolute Gasteiger partial charge is 0.188 e. The molecule has 1 atom stereocenters. The maximum atomic E-state index is 11.5. The number of hydrogen-bond donors (Lipinski definition) is 2. The van der Waals surface area contributed by atoms with Crippen LogP contribution >= 0.6 is 0 Å². The molecular weight excluding hydrogens is 238 g/mol. The molecule has 0 radical (unpaired) electrons. The minimum atomic E-state index is -2.91. The Morgan fingerprint density at radius 2 is 2.24 bits per heavy atom. The molecule has 1 fully saturated rings. The van der Waals surface area contributed by atoms with Crippen LogP contribution in [0.3, 0.4) is 0 Å². The van der Waals surface area contributed by atoms with Gasteiger partial charge in [0.05, 0.1) is 17.5 Å². The van der Waals surface area contributed by atoms with Gasteiger partial charge in [-0.2, -0.15) is 0 Å². The average Bonchev–Trinajstić information content (AvgIpc) is 2.54. The molecule has 3 N–H and O–H groups in total. The second kappa shape index (κ2) is 6.23. The first-order valence-corrected chi connectivity index (χ1v) is 7.88. The van der Waals surface area contributed by atoms with E-state index in [1.165, 1.54) is 0 Å². The Hall–Kier alpha value is -0.780. The summed E-state index contributed by atoms with van der Waals surface area (Å²) in [4.78, 5) is 4.10. The van der Waals surface area contributed by atoms with E-state index in [1.54, 1.807) is 0 Å². The highest BCUT2D eigenvalue weighted by Crippen LogP contribution is 2.19. The Balaban J connectivity index is 2.32. The molecule has 0 saturated carbocycles. The monoisotopic (exact) mass is 261 g/mol. The van der Waals surface area contributed by atoms with Gasteiger partial charge in [0.15, 0.2) is 15.8 Å². The molecule has 0 aromatic rings. The van der Waals surface area contributed by atoms with Gasteiger partial charge in [0.25, 0.3) is 0 Å². The van der Waals surface area contributed by atoms with Gasteiger partial charge >= 0.3 is 0 Å². The van der Waals surface area contributed by atoms with Crippen molar-refractivity contribution in [3.05, 3.63) is 0 Å². The van der Waals surface area contributed by atoms with Gasteiger partial charge in [-0.1, -0.05) is 13.8 Å². The third-order valence-electron chi connectivity index (χ3n) is 2.96. The number of rotatable bonds is 5. The lowest BCUT2D eigenvalue weighted by Crippen LogP contribution is -2.34. The minimum Gasteiger partial charge on any atom is -0.370 e. The van der Waals surface area contributed by atoms with Crippen LogP contribution in [0.15, 0.2) is 4.99 Å². The Bertz CT molecular complexity index is 363. The lowest BCUT2D eigenvalue weighted by Gasteiger charge is -2.09. The van der Waals surface area contributed by atoms with Gasteiger partial charge in [-0.05, 0) is 25.2 Å². The Morgan fingerprint density at radius 3 is 2.76 bits per heavy atom. The molecule has 0 aromatic heterocycles. The van der Waals surface area contributed by atoms with Crippen LogP contribution in [0.1, 0.15) is 33.1 Å². The second-order valence-corrected chi connectivity index (χ2v) is 7.37. The third-order valence-corrected chi connectivity index (χ3v) is 5.21. The van der Waals surface area contributed by atoms with Crippen LogP contribution in [0.25, 0.3) is 0 Å². The summed E-state index contributed by atoms with van der Waals surface area (Å²) in [6, 6.07) is 0. The fourth-order valence-corrected chi connectivity index (χ4v) is 3.54. The van der Waals surface area contributed by atoms with Crippen LogP contribution in [0, 0.1) is 5.92 Å². The molecular formula is C11H23N3O2S. The molecule has 1 aliphatic heterocycles. The molecule has 0 amide bonds. The van der Waals surface area contributed by atoms with Gasteiger partial charge in [0.1, 0.15) is 0 Å². The summed E-state index contributed by atoms with van der Waals surface area (Å²) < 4.78 is 23.1. The summed E-state index contributed by atoms with van der Waals surface area (Å²) in [7, 11) is -2.91. The summed E-state index contributed by atoms with van der Waals surface area (Å²) in [5.41, 5.74) is 5.67. The standard InChI is InChI=1S/C11H23N3O2S/c1-9(2)5-6-13-11(12)14-8-10-4-3-7-17(10,15)16/h9-10H,3-8H2,1-2H3,(H3,12,13,14). The number of guanidine groups is 1. The number of aliphatic imine (C=N–C) groups is 1. The fourth-order valence-electron chi connectivity index (χ4n) is 1.81. The first-order valence-electron chi connectivity index (χ1n) is 6.17. The minimum absolute atomic E-state index is 0.294. The molecule has 100 valence electrons. The van der Waals surface area contributed by atoms with Crippen molar-refractivity contribution in [3.8, 4) is 0 Å². The Morgan fingerprint density at radius 1 is 1.53 bits per heavy atom. The molecule has 0 aromatic carbocycles. The molecule has 1 aliphatic rings. The molecule has 5 nitrogen and oxygen atoms in total. The first kappa shape index (κ1) is 14.3. The van der Waals surface area contributed by atoms with Gasteiger partial charge in [-0.15, -0.1) is 0 Å². The predicted octanol–water partition coefficient (Wildman–Crippen LogP) is 0.514. The Labute approximate surface area is 104 Å². The largest absolute Gasteiger partial charge is 0.370 e. The summed E-state index contributed by atoms with van der Waals surface area (Å²) in [5.74, 6) is 1.27. The van der Waals surface area contributed by atoms with E-state index in [9.17, 15) is 8.42 Å². The molecule has 6 heteroatoms.